The van der Waals surface area contributed by atoms with Crippen LogP contribution in [0.3, 0.4) is 0 Å². The lowest BCUT2D eigenvalue weighted by Crippen LogP contribution is -2.15. The number of hydrogen-bond acceptors (Lipinski definition) is 7. The standard InChI is InChI=1S/C23H24N4O4S/c1-5-27-22(19-12-15-7-6-8-18(30-4)21(15)31-19)25-26-23(27)32-13-20(28)24-16-11-14(2)9-10-17(16)29-3/h6-12H,5,13H2,1-4H3,(H,24,28). The fourth-order valence-corrected chi connectivity index (χ4v) is 4.21. The normalized spacial score (nSPS) is 11.0. The van der Waals surface area contributed by atoms with Crippen molar-refractivity contribution in [2.75, 3.05) is 25.3 Å². The van der Waals surface area contributed by atoms with Gasteiger partial charge in [0.1, 0.15) is 5.75 Å². The Labute approximate surface area is 189 Å². The number of rotatable bonds is 8. The maximum absolute atomic E-state index is 12.6. The molecule has 1 N–H and O–H groups in total. The first-order valence-corrected chi connectivity index (χ1v) is 11.1. The Hall–Kier alpha value is -3.46. The Morgan fingerprint density at radius 3 is 2.69 bits per heavy atom. The number of amides is 1. The molecule has 2 aromatic carbocycles. The Balaban J connectivity index is 1.52. The molecule has 2 aromatic heterocycles. The minimum absolute atomic E-state index is 0.153. The van der Waals surface area contributed by atoms with Gasteiger partial charge in [-0.3, -0.25) is 9.36 Å². The van der Waals surface area contributed by atoms with Crippen LogP contribution < -0.4 is 14.8 Å². The monoisotopic (exact) mass is 452 g/mol. The van der Waals surface area contributed by atoms with Gasteiger partial charge < -0.3 is 19.2 Å². The second-order valence-corrected chi connectivity index (χ2v) is 8.02. The minimum Gasteiger partial charge on any atom is -0.495 e. The molecule has 0 aliphatic carbocycles. The molecule has 0 bridgehead atoms. The quantitative estimate of drug-likeness (QED) is 0.385. The molecule has 0 atom stereocenters. The van der Waals surface area contributed by atoms with Crippen LogP contribution in [0.4, 0.5) is 5.69 Å². The van der Waals surface area contributed by atoms with E-state index in [1.807, 2.05) is 60.9 Å². The summed E-state index contributed by atoms with van der Waals surface area (Å²) in [5.74, 6) is 2.51. The number of anilines is 1. The predicted molar refractivity (Wildman–Crippen MR) is 125 cm³/mol. The molecule has 0 saturated heterocycles. The highest BCUT2D eigenvalue weighted by Gasteiger charge is 2.19. The highest BCUT2D eigenvalue weighted by molar-refractivity contribution is 7.99. The summed E-state index contributed by atoms with van der Waals surface area (Å²) in [7, 11) is 3.19. The summed E-state index contributed by atoms with van der Waals surface area (Å²) < 4.78 is 18.7. The number of aryl methyl sites for hydroxylation is 1. The molecule has 0 fully saturated rings. The molecule has 166 valence electrons. The predicted octanol–water partition coefficient (Wildman–Crippen LogP) is 4.77. The molecule has 0 aliphatic heterocycles. The van der Waals surface area contributed by atoms with Crippen LogP contribution in [0.5, 0.6) is 11.5 Å². The highest BCUT2D eigenvalue weighted by Crippen LogP contribution is 2.34. The van der Waals surface area contributed by atoms with Gasteiger partial charge >= 0.3 is 0 Å². The first-order chi connectivity index (χ1) is 15.5. The molecule has 1 amide bonds. The molecule has 0 unspecified atom stereocenters. The number of carbonyl (C=O) groups is 1. The van der Waals surface area contributed by atoms with E-state index in [-0.39, 0.29) is 11.7 Å². The van der Waals surface area contributed by atoms with Crippen molar-refractivity contribution in [1.29, 1.82) is 0 Å². The van der Waals surface area contributed by atoms with Gasteiger partial charge in [-0.2, -0.15) is 0 Å². The Morgan fingerprint density at radius 2 is 1.94 bits per heavy atom. The van der Waals surface area contributed by atoms with Gasteiger partial charge in [-0.25, -0.2) is 0 Å². The van der Waals surface area contributed by atoms with Crippen LogP contribution in [-0.4, -0.2) is 40.6 Å². The number of fused-ring (bicyclic) bond motifs is 1. The molecule has 32 heavy (non-hydrogen) atoms. The fourth-order valence-electron chi connectivity index (χ4n) is 3.41. The summed E-state index contributed by atoms with van der Waals surface area (Å²) in [6.45, 7) is 4.59. The smallest absolute Gasteiger partial charge is 0.234 e. The molecule has 4 aromatic rings. The number of nitrogens with zero attached hydrogens (tertiary/aromatic N) is 3. The lowest BCUT2D eigenvalue weighted by molar-refractivity contribution is -0.113. The van der Waals surface area contributed by atoms with E-state index in [0.29, 0.717) is 46.1 Å². The van der Waals surface area contributed by atoms with Crippen molar-refractivity contribution >= 4 is 34.3 Å². The van der Waals surface area contributed by atoms with E-state index in [9.17, 15) is 4.79 Å². The SMILES string of the molecule is CCn1c(SCC(=O)Nc2cc(C)ccc2OC)nnc1-c1cc2cccc(OC)c2o1. The van der Waals surface area contributed by atoms with Crippen molar-refractivity contribution in [3.63, 3.8) is 0 Å². The second-order valence-electron chi connectivity index (χ2n) is 7.08. The highest BCUT2D eigenvalue weighted by atomic mass is 32.2. The van der Waals surface area contributed by atoms with Gasteiger partial charge in [-0.1, -0.05) is 30.0 Å². The third-order valence-corrected chi connectivity index (χ3v) is 5.91. The maximum Gasteiger partial charge on any atom is 0.234 e. The average Bonchev–Trinajstić information content (AvgIpc) is 3.41. The maximum atomic E-state index is 12.6. The van der Waals surface area contributed by atoms with Crippen molar-refractivity contribution in [3.05, 3.63) is 48.0 Å². The largest absolute Gasteiger partial charge is 0.495 e. The summed E-state index contributed by atoms with van der Waals surface area (Å²) in [4.78, 5) is 12.6. The summed E-state index contributed by atoms with van der Waals surface area (Å²) in [6.07, 6.45) is 0. The third-order valence-electron chi connectivity index (χ3n) is 4.94. The number of aromatic nitrogens is 3. The molecule has 0 spiro atoms. The van der Waals surface area contributed by atoms with Crippen molar-refractivity contribution in [2.45, 2.75) is 25.5 Å². The third kappa shape index (κ3) is 4.29. The van der Waals surface area contributed by atoms with Crippen LogP contribution in [-0.2, 0) is 11.3 Å². The van der Waals surface area contributed by atoms with Crippen LogP contribution in [0.2, 0.25) is 0 Å². The number of benzene rings is 2. The molecule has 0 aliphatic rings. The summed E-state index contributed by atoms with van der Waals surface area (Å²) >= 11 is 1.32. The Bertz CT molecular complexity index is 1260. The number of methoxy groups -OCH3 is 2. The first-order valence-electron chi connectivity index (χ1n) is 10.1. The molecule has 0 saturated carbocycles. The van der Waals surface area contributed by atoms with E-state index >= 15 is 0 Å². The number of para-hydroxylation sites is 1. The van der Waals surface area contributed by atoms with Crippen LogP contribution >= 0.6 is 11.8 Å². The average molecular weight is 453 g/mol. The van der Waals surface area contributed by atoms with Gasteiger partial charge in [0.25, 0.3) is 0 Å². The van der Waals surface area contributed by atoms with Crippen LogP contribution in [0.1, 0.15) is 12.5 Å². The molecule has 8 nitrogen and oxygen atoms in total. The molecule has 2 heterocycles. The molecule has 0 radical (unpaired) electrons. The lowest BCUT2D eigenvalue weighted by atomic mass is 10.2. The van der Waals surface area contributed by atoms with Gasteiger partial charge in [0.05, 0.1) is 25.7 Å². The molecular weight excluding hydrogens is 428 g/mol. The van der Waals surface area contributed by atoms with E-state index in [2.05, 4.69) is 15.5 Å². The topological polar surface area (TPSA) is 91.4 Å². The zero-order chi connectivity index (χ0) is 22.7. The van der Waals surface area contributed by atoms with Gasteiger partial charge in [0, 0.05) is 11.9 Å². The van der Waals surface area contributed by atoms with Gasteiger partial charge in [-0.15, -0.1) is 10.2 Å². The van der Waals surface area contributed by atoms with E-state index in [4.69, 9.17) is 13.9 Å². The minimum atomic E-state index is -0.153. The van der Waals surface area contributed by atoms with Gasteiger partial charge in [0.2, 0.25) is 11.7 Å². The van der Waals surface area contributed by atoms with Crippen LogP contribution in [0, 0.1) is 6.92 Å². The van der Waals surface area contributed by atoms with Crippen LogP contribution in [0.15, 0.2) is 52.0 Å². The summed E-state index contributed by atoms with van der Waals surface area (Å²) in [5.41, 5.74) is 2.34. The van der Waals surface area contributed by atoms with Crippen LogP contribution in [0.25, 0.3) is 22.6 Å². The number of hydrogen-bond donors (Lipinski definition) is 1. The number of thioether (sulfide) groups is 1. The van der Waals surface area contributed by atoms with Crippen molar-refractivity contribution in [1.82, 2.24) is 14.8 Å². The Morgan fingerprint density at radius 1 is 1.12 bits per heavy atom. The van der Waals surface area contributed by atoms with Crippen molar-refractivity contribution in [3.8, 4) is 23.1 Å². The van der Waals surface area contributed by atoms with Crippen molar-refractivity contribution in [2.24, 2.45) is 0 Å². The van der Waals surface area contributed by atoms with E-state index in [1.54, 1.807) is 14.2 Å². The number of ether oxygens (including phenoxy) is 2. The summed E-state index contributed by atoms with van der Waals surface area (Å²) in [5, 5.41) is 13.1. The molecular formula is C23H24N4O4S. The number of nitrogens with one attached hydrogen (secondary N) is 1. The number of furan rings is 1. The van der Waals surface area contributed by atoms with E-state index in [1.165, 1.54) is 11.8 Å². The van der Waals surface area contributed by atoms with E-state index < -0.39 is 0 Å². The fraction of sp³-hybridized carbons (Fsp3) is 0.261. The zero-order valence-corrected chi connectivity index (χ0v) is 19.2. The zero-order valence-electron chi connectivity index (χ0n) is 18.3. The Kier molecular flexibility index (Phi) is 6.36. The lowest BCUT2D eigenvalue weighted by Gasteiger charge is -2.11. The number of carbonyl (C=O) groups excluding carboxylic acids is 1. The van der Waals surface area contributed by atoms with E-state index in [0.717, 1.165) is 10.9 Å². The molecule has 9 heteroatoms. The second kappa shape index (κ2) is 9.35. The van der Waals surface area contributed by atoms with Crippen molar-refractivity contribution < 1.29 is 18.7 Å². The molecule has 4 rings (SSSR count). The van der Waals surface area contributed by atoms with Gasteiger partial charge in [-0.05, 0) is 43.7 Å². The summed E-state index contributed by atoms with van der Waals surface area (Å²) in [6, 6.07) is 13.3. The van der Waals surface area contributed by atoms with Gasteiger partial charge in [0.15, 0.2) is 22.2 Å². The first kappa shape index (κ1) is 21.8.